The molecule has 50 valence electrons. The van der Waals surface area contributed by atoms with Crippen molar-refractivity contribution in [1.82, 2.24) is 0 Å². The van der Waals surface area contributed by atoms with Crippen LogP contribution < -0.4 is 0 Å². The van der Waals surface area contributed by atoms with E-state index >= 15 is 0 Å². The zero-order valence-electron chi connectivity index (χ0n) is 5.63. The Kier molecular flexibility index (Phi) is 2.70. The maximum atomic E-state index is 2.30. The summed E-state index contributed by atoms with van der Waals surface area (Å²) < 4.78 is 1.60. The molecule has 0 saturated heterocycles. The molecule has 0 aromatic rings. The van der Waals surface area contributed by atoms with E-state index in [-0.39, 0.29) is 12.4 Å². The predicted molar refractivity (Wildman–Crippen MR) is 40.7 cm³/mol. The molecule has 0 aromatic heterocycles. The molecular formula is C8H8ClSc. The summed E-state index contributed by atoms with van der Waals surface area (Å²) in [6, 6.07) is 0. The fourth-order valence-electron chi connectivity index (χ4n) is 1.10. The zero-order chi connectivity index (χ0) is 6.27. The first kappa shape index (κ1) is 8.48. The third-order valence-electron chi connectivity index (χ3n) is 1.72. The van der Waals surface area contributed by atoms with E-state index in [1.54, 1.807) is 33.3 Å². The van der Waals surface area contributed by atoms with Crippen molar-refractivity contribution in [3.05, 3.63) is 32.7 Å². The van der Waals surface area contributed by atoms with Gasteiger partial charge in [0.1, 0.15) is 0 Å². The van der Waals surface area contributed by atoms with Gasteiger partial charge in [-0.05, 0) is 0 Å². The fourth-order valence-corrected chi connectivity index (χ4v) is 1.76. The molecule has 0 heterocycles. The standard InChI is InChI=1S/C8H7.ClH.Sc/c1-2-4-7(3-1)8-5-6-8;;/h1,3,5H,2,6H2;1H;. The molecule has 0 N–H and O–H groups in total. The molecule has 2 aliphatic carbocycles. The van der Waals surface area contributed by atoms with Gasteiger partial charge in [-0.25, -0.2) is 0 Å². The topological polar surface area (TPSA) is 0 Å². The molecule has 0 radical (unpaired) electrons. The van der Waals surface area contributed by atoms with E-state index in [1.165, 1.54) is 18.4 Å². The quantitative estimate of drug-likeness (QED) is 0.588. The number of hydrogen-bond donors (Lipinski definition) is 0. The summed E-state index contributed by atoms with van der Waals surface area (Å²) >= 11 is 1.78. The summed E-state index contributed by atoms with van der Waals surface area (Å²) in [5, 5.41) is 0. The van der Waals surface area contributed by atoms with Crippen molar-refractivity contribution >= 4 is 12.4 Å². The van der Waals surface area contributed by atoms with E-state index in [1.807, 2.05) is 0 Å². The van der Waals surface area contributed by atoms with Gasteiger partial charge >= 0.3 is 69.9 Å². The Morgan fingerprint density at radius 2 is 2.00 bits per heavy atom. The Balaban J connectivity index is 0.000000500. The van der Waals surface area contributed by atoms with Gasteiger partial charge in [-0.1, -0.05) is 0 Å². The molecule has 0 spiro atoms. The fraction of sp³-hybridized carbons (Fsp3) is 0.250. The van der Waals surface area contributed by atoms with Gasteiger partial charge in [-0.15, -0.1) is 12.4 Å². The SMILES string of the molecule is Cl.[Sc][C]1=C(C2=CC2)C=CC1. The molecule has 10 heavy (non-hydrogen) atoms. The number of rotatable bonds is 1. The second-order valence-electron chi connectivity index (χ2n) is 2.48. The van der Waals surface area contributed by atoms with E-state index in [9.17, 15) is 0 Å². The zero-order valence-corrected chi connectivity index (χ0v) is 8.25. The molecule has 0 bridgehead atoms. The van der Waals surface area contributed by atoms with Crippen LogP contribution in [0.3, 0.4) is 0 Å². The van der Waals surface area contributed by atoms with E-state index in [2.05, 4.69) is 18.2 Å². The Morgan fingerprint density at radius 3 is 2.40 bits per heavy atom. The van der Waals surface area contributed by atoms with Crippen LogP contribution >= 0.6 is 12.4 Å². The van der Waals surface area contributed by atoms with E-state index in [0.29, 0.717) is 0 Å². The van der Waals surface area contributed by atoms with Crippen molar-refractivity contribution in [2.75, 3.05) is 0 Å². The Bertz CT molecular complexity index is 236. The average Bonchev–Trinajstić information content (AvgIpc) is 2.58. The third-order valence-corrected chi connectivity index (χ3v) is 2.58. The number of hydrogen-bond acceptors (Lipinski definition) is 0. The molecule has 0 aromatic carbocycles. The van der Waals surface area contributed by atoms with Gasteiger partial charge in [-0.2, -0.15) is 0 Å². The summed E-state index contributed by atoms with van der Waals surface area (Å²) in [6.07, 6.45) is 9.26. The van der Waals surface area contributed by atoms with Crippen LogP contribution in [0.4, 0.5) is 0 Å². The first-order valence-electron chi connectivity index (χ1n) is 3.22. The monoisotopic (exact) mass is 184 g/mol. The van der Waals surface area contributed by atoms with Gasteiger partial charge in [0, 0.05) is 0 Å². The van der Waals surface area contributed by atoms with Crippen LogP contribution in [0.15, 0.2) is 32.7 Å². The molecule has 0 unspecified atom stereocenters. The summed E-state index contributed by atoms with van der Waals surface area (Å²) in [6.45, 7) is 0. The summed E-state index contributed by atoms with van der Waals surface area (Å²) in [5.41, 5.74) is 3.11. The Hall–Kier alpha value is 0.380. The van der Waals surface area contributed by atoms with E-state index in [0.717, 1.165) is 0 Å². The van der Waals surface area contributed by atoms with Crippen molar-refractivity contribution < 1.29 is 24.4 Å². The Labute approximate surface area is 82.1 Å². The minimum absolute atomic E-state index is 0. The summed E-state index contributed by atoms with van der Waals surface area (Å²) in [5.74, 6) is 0. The van der Waals surface area contributed by atoms with Gasteiger partial charge in [0.2, 0.25) is 0 Å². The van der Waals surface area contributed by atoms with Crippen LogP contribution in [-0.4, -0.2) is 0 Å². The molecule has 0 fully saturated rings. The molecule has 2 aliphatic rings. The van der Waals surface area contributed by atoms with Crippen molar-refractivity contribution in [2.24, 2.45) is 0 Å². The van der Waals surface area contributed by atoms with Gasteiger partial charge in [0.15, 0.2) is 0 Å². The molecule has 2 heteroatoms. The van der Waals surface area contributed by atoms with Crippen LogP contribution in [0.5, 0.6) is 0 Å². The van der Waals surface area contributed by atoms with Crippen LogP contribution in [0.2, 0.25) is 0 Å². The van der Waals surface area contributed by atoms with Crippen molar-refractivity contribution in [3.63, 3.8) is 0 Å². The molecule has 0 aliphatic heterocycles. The van der Waals surface area contributed by atoms with Crippen molar-refractivity contribution in [3.8, 4) is 0 Å². The summed E-state index contributed by atoms with van der Waals surface area (Å²) in [7, 11) is 0. The molecule has 0 saturated carbocycles. The maximum absolute atomic E-state index is 2.30. The number of allylic oxidation sites excluding steroid dienone is 6. The van der Waals surface area contributed by atoms with Gasteiger partial charge in [0.25, 0.3) is 0 Å². The second-order valence-corrected chi connectivity index (χ2v) is 3.57. The molecular weight excluding hydrogens is 176 g/mol. The number of halogens is 1. The van der Waals surface area contributed by atoms with E-state index < -0.39 is 0 Å². The van der Waals surface area contributed by atoms with Crippen LogP contribution in [0, 0.1) is 0 Å². The molecule has 0 nitrogen and oxygen atoms in total. The first-order valence-corrected chi connectivity index (χ1v) is 4.12. The second kappa shape index (κ2) is 3.19. The third kappa shape index (κ3) is 1.51. The van der Waals surface area contributed by atoms with Gasteiger partial charge < -0.3 is 0 Å². The van der Waals surface area contributed by atoms with Crippen LogP contribution in [-0.2, 0) is 24.4 Å². The predicted octanol–water partition coefficient (Wildman–Crippen LogP) is 2.50. The summed E-state index contributed by atoms with van der Waals surface area (Å²) in [4.78, 5) is 0. The normalized spacial score (nSPS) is 20.5. The Morgan fingerprint density at radius 1 is 1.30 bits per heavy atom. The average molecular weight is 185 g/mol. The van der Waals surface area contributed by atoms with Gasteiger partial charge in [-0.3, -0.25) is 0 Å². The van der Waals surface area contributed by atoms with Gasteiger partial charge in [0.05, 0.1) is 0 Å². The van der Waals surface area contributed by atoms with Crippen molar-refractivity contribution in [1.29, 1.82) is 0 Å². The van der Waals surface area contributed by atoms with Crippen molar-refractivity contribution in [2.45, 2.75) is 12.8 Å². The molecule has 0 atom stereocenters. The molecule has 2 rings (SSSR count). The minimum atomic E-state index is 0. The van der Waals surface area contributed by atoms with E-state index in [4.69, 9.17) is 0 Å². The van der Waals surface area contributed by atoms with Crippen LogP contribution in [0.25, 0.3) is 0 Å². The molecule has 0 amide bonds. The van der Waals surface area contributed by atoms with Crippen LogP contribution in [0.1, 0.15) is 12.8 Å². The first-order chi connectivity index (χ1) is 4.38.